The zero-order valence-electron chi connectivity index (χ0n) is 9.44. The highest BCUT2D eigenvalue weighted by Gasteiger charge is 2.41. The molecule has 1 atom stereocenters. The third-order valence-corrected chi connectivity index (χ3v) is 3.21. The predicted molar refractivity (Wildman–Crippen MR) is 57.7 cm³/mol. The van der Waals surface area contributed by atoms with Gasteiger partial charge in [0.25, 0.3) is 0 Å². The van der Waals surface area contributed by atoms with Crippen molar-refractivity contribution < 1.29 is 19.0 Å². The minimum atomic E-state index is -0.385. The second kappa shape index (κ2) is 4.97. The highest BCUT2D eigenvalue weighted by atomic mass is 16.7. The number of carbonyl (C=O) groups is 1. The zero-order valence-corrected chi connectivity index (χ0v) is 9.44. The molecule has 1 spiro atoms. The van der Waals surface area contributed by atoms with Crippen LogP contribution in [0.1, 0.15) is 25.7 Å². The summed E-state index contributed by atoms with van der Waals surface area (Å²) < 4.78 is 16.4. The molecular weight excluding hydrogens is 208 g/mol. The second-order valence-electron chi connectivity index (χ2n) is 4.40. The summed E-state index contributed by atoms with van der Waals surface area (Å²) in [5, 5.41) is 0. The summed E-state index contributed by atoms with van der Waals surface area (Å²) in [6.07, 6.45) is 5.12. The van der Waals surface area contributed by atoms with E-state index in [0.717, 1.165) is 25.7 Å². The third-order valence-electron chi connectivity index (χ3n) is 3.21. The van der Waals surface area contributed by atoms with Gasteiger partial charge >= 0.3 is 5.97 Å². The molecule has 2 rings (SSSR count). The van der Waals surface area contributed by atoms with Gasteiger partial charge < -0.3 is 14.2 Å². The fourth-order valence-electron chi connectivity index (χ4n) is 2.46. The summed E-state index contributed by atoms with van der Waals surface area (Å²) in [5.41, 5.74) is 0. The van der Waals surface area contributed by atoms with Gasteiger partial charge in [0, 0.05) is 18.9 Å². The normalized spacial score (nSPS) is 27.9. The van der Waals surface area contributed by atoms with E-state index in [9.17, 15) is 4.79 Å². The topological polar surface area (TPSA) is 44.8 Å². The Bertz CT molecular complexity index is 268. The molecule has 2 aliphatic rings. The SMILES string of the molecule is C=CC(=O)OCC1CCCC2(C1)OCCO2. The van der Waals surface area contributed by atoms with Gasteiger partial charge in [-0.2, -0.15) is 0 Å². The van der Waals surface area contributed by atoms with E-state index in [4.69, 9.17) is 14.2 Å². The van der Waals surface area contributed by atoms with Gasteiger partial charge in [0.05, 0.1) is 19.8 Å². The van der Waals surface area contributed by atoms with Crippen molar-refractivity contribution >= 4 is 5.97 Å². The van der Waals surface area contributed by atoms with Crippen LogP contribution in [0.3, 0.4) is 0 Å². The Morgan fingerprint density at radius 2 is 2.25 bits per heavy atom. The van der Waals surface area contributed by atoms with Crippen LogP contribution < -0.4 is 0 Å². The first-order valence-corrected chi connectivity index (χ1v) is 5.81. The number of hydrogen-bond donors (Lipinski definition) is 0. The molecule has 1 aliphatic heterocycles. The first kappa shape index (κ1) is 11.6. The van der Waals surface area contributed by atoms with Crippen molar-refractivity contribution in [2.45, 2.75) is 31.5 Å². The van der Waals surface area contributed by atoms with E-state index in [1.54, 1.807) is 0 Å². The quantitative estimate of drug-likeness (QED) is 0.542. The van der Waals surface area contributed by atoms with Crippen molar-refractivity contribution in [2.75, 3.05) is 19.8 Å². The number of carbonyl (C=O) groups excluding carboxylic acids is 1. The van der Waals surface area contributed by atoms with Crippen molar-refractivity contribution in [2.24, 2.45) is 5.92 Å². The minimum absolute atomic E-state index is 0.343. The molecule has 90 valence electrons. The van der Waals surface area contributed by atoms with E-state index >= 15 is 0 Å². The lowest BCUT2D eigenvalue weighted by molar-refractivity contribution is -0.191. The van der Waals surface area contributed by atoms with Gasteiger partial charge in [-0.15, -0.1) is 0 Å². The molecule has 0 aromatic rings. The molecule has 4 heteroatoms. The largest absolute Gasteiger partial charge is 0.462 e. The summed E-state index contributed by atoms with van der Waals surface area (Å²) in [6.45, 7) is 5.17. The summed E-state index contributed by atoms with van der Waals surface area (Å²) in [6, 6.07) is 0. The fourth-order valence-corrected chi connectivity index (χ4v) is 2.46. The standard InChI is InChI=1S/C12H18O4/c1-2-11(13)14-9-10-4-3-5-12(8-10)15-6-7-16-12/h2,10H,1,3-9H2. The lowest BCUT2D eigenvalue weighted by Gasteiger charge is -2.35. The molecule has 0 radical (unpaired) electrons. The molecule has 16 heavy (non-hydrogen) atoms. The highest BCUT2D eigenvalue weighted by molar-refractivity contribution is 5.81. The van der Waals surface area contributed by atoms with Crippen LogP contribution in [-0.2, 0) is 19.0 Å². The Labute approximate surface area is 95.6 Å². The van der Waals surface area contributed by atoms with Gasteiger partial charge in [0.1, 0.15) is 0 Å². The van der Waals surface area contributed by atoms with Crippen LogP contribution in [0.4, 0.5) is 0 Å². The third kappa shape index (κ3) is 2.62. The van der Waals surface area contributed by atoms with Crippen molar-refractivity contribution in [3.63, 3.8) is 0 Å². The monoisotopic (exact) mass is 226 g/mol. The maximum Gasteiger partial charge on any atom is 0.330 e. The Hall–Kier alpha value is -0.870. The van der Waals surface area contributed by atoms with Crippen LogP contribution in [0.25, 0.3) is 0 Å². The molecule has 0 aromatic heterocycles. The molecule has 0 amide bonds. The second-order valence-corrected chi connectivity index (χ2v) is 4.40. The average molecular weight is 226 g/mol. The first-order chi connectivity index (χ1) is 7.74. The van der Waals surface area contributed by atoms with E-state index in [1.165, 1.54) is 6.08 Å². The Balaban J connectivity index is 1.82. The van der Waals surface area contributed by atoms with Crippen LogP contribution in [0.15, 0.2) is 12.7 Å². The van der Waals surface area contributed by atoms with Gasteiger partial charge in [-0.25, -0.2) is 4.79 Å². The maximum absolute atomic E-state index is 11.0. The molecule has 0 bridgehead atoms. The zero-order chi connectivity index (χ0) is 11.4. The van der Waals surface area contributed by atoms with Crippen molar-refractivity contribution in [1.82, 2.24) is 0 Å². The summed E-state index contributed by atoms with van der Waals surface area (Å²) in [7, 11) is 0. The molecule has 1 saturated carbocycles. The van der Waals surface area contributed by atoms with Crippen LogP contribution in [0, 0.1) is 5.92 Å². The lowest BCUT2D eigenvalue weighted by atomic mass is 9.85. The molecule has 1 unspecified atom stereocenters. The Kier molecular flexibility index (Phi) is 3.61. The molecule has 1 heterocycles. The van der Waals surface area contributed by atoms with Crippen molar-refractivity contribution in [3.05, 3.63) is 12.7 Å². The lowest BCUT2D eigenvalue weighted by Crippen LogP contribution is -2.37. The van der Waals surface area contributed by atoms with E-state index in [1.807, 2.05) is 0 Å². The summed E-state index contributed by atoms with van der Waals surface area (Å²) in [5.74, 6) is -0.396. The van der Waals surface area contributed by atoms with E-state index in [2.05, 4.69) is 6.58 Å². The highest BCUT2D eigenvalue weighted by Crippen LogP contribution is 2.38. The van der Waals surface area contributed by atoms with Gasteiger partial charge in [0.2, 0.25) is 0 Å². The number of hydrogen-bond acceptors (Lipinski definition) is 4. The molecule has 4 nitrogen and oxygen atoms in total. The van der Waals surface area contributed by atoms with Gasteiger partial charge in [0.15, 0.2) is 5.79 Å². The molecule has 2 fully saturated rings. The van der Waals surface area contributed by atoms with Crippen LogP contribution in [-0.4, -0.2) is 31.6 Å². The van der Waals surface area contributed by atoms with E-state index in [0.29, 0.717) is 25.7 Å². The molecule has 0 aromatic carbocycles. The van der Waals surface area contributed by atoms with Crippen molar-refractivity contribution in [1.29, 1.82) is 0 Å². The smallest absolute Gasteiger partial charge is 0.330 e. The molecule has 0 N–H and O–H groups in total. The van der Waals surface area contributed by atoms with Crippen molar-refractivity contribution in [3.8, 4) is 0 Å². The van der Waals surface area contributed by atoms with E-state index < -0.39 is 0 Å². The summed E-state index contributed by atoms with van der Waals surface area (Å²) in [4.78, 5) is 11.0. The van der Waals surface area contributed by atoms with Gasteiger partial charge in [-0.05, 0) is 18.8 Å². The maximum atomic E-state index is 11.0. The van der Waals surface area contributed by atoms with Gasteiger partial charge in [-0.3, -0.25) is 0 Å². The average Bonchev–Trinajstić information content (AvgIpc) is 2.74. The Morgan fingerprint density at radius 1 is 1.50 bits per heavy atom. The van der Waals surface area contributed by atoms with Crippen LogP contribution >= 0.6 is 0 Å². The molecule has 1 aliphatic carbocycles. The fraction of sp³-hybridized carbons (Fsp3) is 0.750. The van der Waals surface area contributed by atoms with E-state index in [-0.39, 0.29) is 11.8 Å². The first-order valence-electron chi connectivity index (χ1n) is 5.81. The molecular formula is C12H18O4. The summed E-state index contributed by atoms with van der Waals surface area (Å²) >= 11 is 0. The number of ether oxygens (including phenoxy) is 3. The Morgan fingerprint density at radius 3 is 2.94 bits per heavy atom. The van der Waals surface area contributed by atoms with Crippen LogP contribution in [0.5, 0.6) is 0 Å². The molecule has 1 saturated heterocycles. The number of rotatable bonds is 3. The van der Waals surface area contributed by atoms with Gasteiger partial charge in [-0.1, -0.05) is 6.58 Å². The minimum Gasteiger partial charge on any atom is -0.462 e. The predicted octanol–water partition coefficient (Wildman–Crippen LogP) is 1.65. The number of esters is 1. The van der Waals surface area contributed by atoms with Crippen LogP contribution in [0.2, 0.25) is 0 Å².